The Morgan fingerprint density at radius 1 is 1.38 bits per heavy atom. The van der Waals surface area contributed by atoms with Gasteiger partial charge in [0.1, 0.15) is 12.0 Å². The summed E-state index contributed by atoms with van der Waals surface area (Å²) in [5.41, 5.74) is 2.32. The van der Waals surface area contributed by atoms with Crippen LogP contribution < -0.4 is 9.64 Å². The van der Waals surface area contributed by atoms with Crippen molar-refractivity contribution in [2.24, 2.45) is 5.41 Å². The third kappa shape index (κ3) is 4.90. The molecule has 1 atom stereocenters. The number of carboxylic acids is 1. The van der Waals surface area contributed by atoms with Crippen LogP contribution >= 0.6 is 23.5 Å². The second-order valence-corrected chi connectivity index (χ2v) is 9.10. The van der Waals surface area contributed by atoms with Gasteiger partial charge in [-0.2, -0.15) is 4.39 Å². The summed E-state index contributed by atoms with van der Waals surface area (Å²) in [6, 6.07) is 14.2. The number of para-hydroxylation sites is 1. The normalized spacial score (nSPS) is 19.4. The van der Waals surface area contributed by atoms with Crippen LogP contribution in [0.3, 0.4) is 0 Å². The quantitative estimate of drug-likeness (QED) is 0.326. The smallest absolute Gasteiger partial charge is 0.368 e. The second kappa shape index (κ2) is 9.13. The predicted molar refractivity (Wildman–Crippen MR) is 118 cm³/mol. The summed E-state index contributed by atoms with van der Waals surface area (Å²) in [5.74, 6) is -1.58. The SMILES string of the molecule is CCC1(C)CSc2cc(O/C=C(\F)C(=O)O)c(SC)cc2N(c2ccccc2)C1. The van der Waals surface area contributed by atoms with E-state index in [0.717, 1.165) is 39.9 Å². The van der Waals surface area contributed by atoms with E-state index < -0.39 is 11.8 Å². The van der Waals surface area contributed by atoms with Crippen molar-refractivity contribution in [3.8, 4) is 5.75 Å². The number of halogens is 1. The number of carbonyl (C=O) groups is 1. The van der Waals surface area contributed by atoms with Crippen LogP contribution in [0, 0.1) is 5.41 Å². The van der Waals surface area contributed by atoms with E-state index in [1.165, 1.54) is 11.8 Å². The Labute approximate surface area is 179 Å². The number of hydrogen-bond donors (Lipinski definition) is 1. The molecule has 2 aromatic carbocycles. The van der Waals surface area contributed by atoms with Crippen LogP contribution in [0.25, 0.3) is 0 Å². The number of benzene rings is 2. The van der Waals surface area contributed by atoms with E-state index in [1.54, 1.807) is 11.8 Å². The summed E-state index contributed by atoms with van der Waals surface area (Å²) in [5, 5.41) is 8.72. The molecule has 0 bridgehead atoms. The van der Waals surface area contributed by atoms with E-state index in [4.69, 9.17) is 9.84 Å². The minimum Gasteiger partial charge on any atom is -0.476 e. The molecule has 0 radical (unpaired) electrons. The number of thioether (sulfide) groups is 2. The highest BCUT2D eigenvalue weighted by molar-refractivity contribution is 7.99. The Balaban J connectivity index is 2.08. The topological polar surface area (TPSA) is 49.8 Å². The van der Waals surface area contributed by atoms with E-state index >= 15 is 0 Å². The van der Waals surface area contributed by atoms with Crippen molar-refractivity contribution < 1.29 is 19.0 Å². The standard InChI is InChI=1S/C22H24FNO3S2/c1-4-22(2)13-24(15-8-6-5-7-9-15)17-10-20(28-3)18(11-19(17)29-14-22)27-12-16(23)21(25)26/h5-12H,4,13-14H2,1-3H3,(H,25,26)/b16-12-. The number of carboxylic acid groups (broad SMARTS) is 1. The average molecular weight is 434 g/mol. The molecule has 0 spiro atoms. The van der Waals surface area contributed by atoms with Gasteiger partial charge in [0.05, 0.1) is 10.6 Å². The first kappa shape index (κ1) is 21.6. The van der Waals surface area contributed by atoms with Crippen molar-refractivity contribution >= 4 is 40.9 Å². The van der Waals surface area contributed by atoms with Gasteiger partial charge in [-0.05, 0) is 42.4 Å². The zero-order valence-corrected chi connectivity index (χ0v) is 18.3. The molecule has 0 aromatic heterocycles. The first-order valence-corrected chi connectivity index (χ1v) is 11.5. The Hall–Kier alpha value is -2.12. The lowest BCUT2D eigenvalue weighted by atomic mass is 9.89. The molecule has 3 rings (SSSR count). The van der Waals surface area contributed by atoms with Gasteiger partial charge >= 0.3 is 5.97 Å². The highest BCUT2D eigenvalue weighted by Gasteiger charge is 2.32. The molecule has 29 heavy (non-hydrogen) atoms. The van der Waals surface area contributed by atoms with Crippen LogP contribution in [0.4, 0.5) is 15.8 Å². The molecule has 0 saturated heterocycles. The molecule has 0 aliphatic carbocycles. The van der Waals surface area contributed by atoms with Crippen molar-refractivity contribution in [1.82, 2.24) is 0 Å². The Bertz CT molecular complexity index is 920. The second-order valence-electron chi connectivity index (χ2n) is 7.23. The van der Waals surface area contributed by atoms with Gasteiger partial charge in [0, 0.05) is 22.9 Å². The lowest BCUT2D eigenvalue weighted by Gasteiger charge is -2.33. The number of rotatable bonds is 6. The van der Waals surface area contributed by atoms with E-state index in [2.05, 4.69) is 30.9 Å². The molecule has 0 saturated carbocycles. The molecule has 1 heterocycles. The molecule has 2 aromatic rings. The maximum Gasteiger partial charge on any atom is 0.368 e. The van der Waals surface area contributed by atoms with Crippen molar-refractivity contribution in [3.63, 3.8) is 0 Å². The lowest BCUT2D eigenvalue weighted by molar-refractivity contribution is -0.134. The van der Waals surface area contributed by atoms with Gasteiger partial charge < -0.3 is 14.7 Å². The molecule has 0 fully saturated rings. The molecule has 1 aliphatic rings. The van der Waals surface area contributed by atoms with Crippen LogP contribution in [-0.2, 0) is 4.79 Å². The number of anilines is 2. The number of fused-ring (bicyclic) bond motifs is 1. The molecule has 1 aliphatic heterocycles. The Morgan fingerprint density at radius 2 is 2.10 bits per heavy atom. The van der Waals surface area contributed by atoms with Crippen molar-refractivity contribution in [1.29, 1.82) is 0 Å². The summed E-state index contributed by atoms with van der Waals surface area (Å²) >= 11 is 3.23. The number of hydrogen-bond acceptors (Lipinski definition) is 5. The van der Waals surface area contributed by atoms with Crippen LogP contribution in [0.1, 0.15) is 20.3 Å². The minimum absolute atomic E-state index is 0.120. The van der Waals surface area contributed by atoms with Crippen LogP contribution in [0.15, 0.2) is 64.3 Å². The summed E-state index contributed by atoms with van der Waals surface area (Å²) < 4.78 is 18.8. The number of nitrogens with zero attached hydrogens (tertiary/aromatic N) is 1. The van der Waals surface area contributed by atoms with E-state index in [-0.39, 0.29) is 5.41 Å². The largest absolute Gasteiger partial charge is 0.476 e. The third-order valence-corrected chi connectivity index (χ3v) is 7.31. The summed E-state index contributed by atoms with van der Waals surface area (Å²) in [4.78, 5) is 14.9. The average Bonchev–Trinajstić information content (AvgIpc) is 2.88. The summed E-state index contributed by atoms with van der Waals surface area (Å²) in [6.45, 7) is 5.38. The van der Waals surface area contributed by atoms with Crippen LogP contribution in [0.5, 0.6) is 5.75 Å². The van der Waals surface area contributed by atoms with Gasteiger partial charge in [0.2, 0.25) is 5.83 Å². The summed E-state index contributed by atoms with van der Waals surface area (Å²) in [7, 11) is 0. The van der Waals surface area contributed by atoms with Gasteiger partial charge in [-0.25, -0.2) is 4.79 Å². The molecule has 7 heteroatoms. The Morgan fingerprint density at radius 3 is 2.72 bits per heavy atom. The van der Waals surface area contributed by atoms with E-state index in [0.29, 0.717) is 12.0 Å². The third-order valence-electron chi connectivity index (χ3n) is 5.07. The number of ether oxygens (including phenoxy) is 1. The van der Waals surface area contributed by atoms with E-state index in [9.17, 15) is 9.18 Å². The predicted octanol–water partition coefficient (Wildman–Crippen LogP) is 6.34. The monoisotopic (exact) mass is 433 g/mol. The van der Waals surface area contributed by atoms with Gasteiger partial charge in [-0.3, -0.25) is 0 Å². The van der Waals surface area contributed by atoms with Crippen molar-refractivity contribution in [2.75, 3.05) is 23.5 Å². The van der Waals surface area contributed by atoms with Gasteiger partial charge in [0.25, 0.3) is 0 Å². The first-order chi connectivity index (χ1) is 13.9. The Kier molecular flexibility index (Phi) is 6.80. The molecule has 4 nitrogen and oxygen atoms in total. The fraction of sp³-hybridized carbons (Fsp3) is 0.318. The van der Waals surface area contributed by atoms with Crippen LogP contribution in [-0.4, -0.2) is 29.6 Å². The van der Waals surface area contributed by atoms with Crippen molar-refractivity contribution in [2.45, 2.75) is 30.1 Å². The molecule has 0 amide bonds. The zero-order chi connectivity index (χ0) is 21.0. The minimum atomic E-state index is -1.64. The maximum absolute atomic E-state index is 13.4. The molecule has 1 N–H and O–H groups in total. The molecular formula is C22H24FNO3S2. The van der Waals surface area contributed by atoms with Gasteiger partial charge in [0.15, 0.2) is 0 Å². The number of aliphatic carboxylic acids is 1. The lowest BCUT2D eigenvalue weighted by Crippen LogP contribution is -2.33. The molecular weight excluding hydrogens is 409 g/mol. The van der Waals surface area contributed by atoms with Gasteiger partial charge in [-0.15, -0.1) is 23.5 Å². The highest BCUT2D eigenvalue weighted by atomic mass is 32.2. The maximum atomic E-state index is 13.4. The van der Waals surface area contributed by atoms with Gasteiger partial charge in [-0.1, -0.05) is 32.0 Å². The first-order valence-electron chi connectivity index (χ1n) is 9.30. The molecule has 154 valence electrons. The molecule has 1 unspecified atom stereocenters. The fourth-order valence-electron chi connectivity index (χ4n) is 3.09. The summed E-state index contributed by atoms with van der Waals surface area (Å²) in [6.07, 6.45) is 3.61. The zero-order valence-electron chi connectivity index (χ0n) is 16.6. The highest BCUT2D eigenvalue weighted by Crippen LogP contribution is 2.48. The van der Waals surface area contributed by atoms with Crippen molar-refractivity contribution in [3.05, 3.63) is 54.6 Å². The fourth-order valence-corrected chi connectivity index (χ4v) is 4.94. The van der Waals surface area contributed by atoms with Crippen LogP contribution in [0.2, 0.25) is 0 Å². The van der Waals surface area contributed by atoms with E-state index in [1.807, 2.05) is 36.6 Å².